The fourth-order valence-corrected chi connectivity index (χ4v) is 3.70. The molecule has 2 N–H and O–H groups in total. The van der Waals surface area contributed by atoms with Crippen molar-refractivity contribution < 1.29 is 9.53 Å². The SMILES string of the molecule is CC(C)Oc1ccc(C(C)NC(=O)C2CC23CCNCC3)cc1.Cl. The second-order valence-electron chi connectivity index (χ2n) is 7.34. The fourth-order valence-electron chi connectivity index (χ4n) is 3.70. The normalized spacial score (nSPS) is 22.6. The molecule has 1 aliphatic carbocycles. The van der Waals surface area contributed by atoms with Crippen molar-refractivity contribution in [2.45, 2.75) is 52.2 Å². The van der Waals surface area contributed by atoms with Crippen LogP contribution in [0.15, 0.2) is 24.3 Å². The Morgan fingerprint density at radius 3 is 2.42 bits per heavy atom. The molecule has 3 rings (SSSR count). The number of benzene rings is 1. The molecule has 1 amide bonds. The highest BCUT2D eigenvalue weighted by molar-refractivity contribution is 5.85. The van der Waals surface area contributed by atoms with Gasteiger partial charge < -0.3 is 15.4 Å². The Morgan fingerprint density at radius 2 is 1.83 bits per heavy atom. The lowest BCUT2D eigenvalue weighted by Crippen LogP contribution is -2.34. The molecule has 1 aliphatic heterocycles. The molecule has 1 heterocycles. The standard InChI is InChI=1S/C19H28N2O2.ClH/c1-13(2)23-16-6-4-15(5-7-16)14(3)21-18(22)17-12-19(17)8-10-20-11-9-19;/h4-7,13-14,17,20H,8-12H2,1-3H3,(H,21,22);1H. The molecule has 5 heteroatoms. The van der Waals surface area contributed by atoms with E-state index in [1.54, 1.807) is 0 Å². The van der Waals surface area contributed by atoms with Gasteiger partial charge >= 0.3 is 0 Å². The molecule has 2 fully saturated rings. The van der Waals surface area contributed by atoms with Crippen molar-refractivity contribution in [3.8, 4) is 5.75 Å². The molecule has 134 valence electrons. The summed E-state index contributed by atoms with van der Waals surface area (Å²) in [7, 11) is 0. The molecule has 1 aromatic carbocycles. The summed E-state index contributed by atoms with van der Waals surface area (Å²) >= 11 is 0. The monoisotopic (exact) mass is 352 g/mol. The van der Waals surface area contributed by atoms with Crippen molar-refractivity contribution >= 4 is 18.3 Å². The van der Waals surface area contributed by atoms with Crippen LogP contribution in [0.3, 0.4) is 0 Å². The third kappa shape index (κ3) is 4.22. The lowest BCUT2D eigenvalue weighted by atomic mass is 9.91. The maximum Gasteiger partial charge on any atom is 0.224 e. The first-order chi connectivity index (χ1) is 11.0. The third-order valence-corrected chi connectivity index (χ3v) is 5.22. The van der Waals surface area contributed by atoms with Gasteiger partial charge in [0.15, 0.2) is 0 Å². The third-order valence-electron chi connectivity index (χ3n) is 5.22. The molecule has 0 aromatic heterocycles. The maximum absolute atomic E-state index is 12.5. The first-order valence-electron chi connectivity index (χ1n) is 8.78. The summed E-state index contributed by atoms with van der Waals surface area (Å²) < 4.78 is 5.66. The van der Waals surface area contributed by atoms with Crippen molar-refractivity contribution in [1.82, 2.24) is 10.6 Å². The topological polar surface area (TPSA) is 50.4 Å². The molecular formula is C19H29ClN2O2. The van der Waals surface area contributed by atoms with Crippen LogP contribution in [0.25, 0.3) is 0 Å². The number of piperidine rings is 1. The molecule has 1 spiro atoms. The van der Waals surface area contributed by atoms with Gasteiger partial charge in [0.05, 0.1) is 12.1 Å². The molecule has 0 bridgehead atoms. The van der Waals surface area contributed by atoms with Crippen LogP contribution in [0.2, 0.25) is 0 Å². The Hall–Kier alpha value is -1.26. The van der Waals surface area contributed by atoms with Gasteiger partial charge in [0.1, 0.15) is 5.75 Å². The van der Waals surface area contributed by atoms with Crippen molar-refractivity contribution in [1.29, 1.82) is 0 Å². The van der Waals surface area contributed by atoms with Gasteiger partial charge in [0, 0.05) is 5.92 Å². The molecule has 1 saturated heterocycles. The van der Waals surface area contributed by atoms with Gasteiger partial charge in [-0.3, -0.25) is 4.79 Å². The van der Waals surface area contributed by atoms with Crippen LogP contribution >= 0.6 is 12.4 Å². The van der Waals surface area contributed by atoms with E-state index in [1.165, 1.54) is 0 Å². The number of rotatable bonds is 5. The molecule has 2 atom stereocenters. The molecule has 0 radical (unpaired) electrons. The zero-order valence-corrected chi connectivity index (χ0v) is 15.6. The average Bonchev–Trinajstić information content (AvgIpc) is 3.21. The summed E-state index contributed by atoms with van der Waals surface area (Å²) in [6, 6.07) is 8.06. The number of carbonyl (C=O) groups is 1. The summed E-state index contributed by atoms with van der Waals surface area (Å²) in [4.78, 5) is 12.5. The maximum atomic E-state index is 12.5. The smallest absolute Gasteiger partial charge is 0.224 e. The van der Waals surface area contributed by atoms with Gasteiger partial charge in [-0.05, 0) is 76.2 Å². The van der Waals surface area contributed by atoms with E-state index in [1.807, 2.05) is 45.0 Å². The summed E-state index contributed by atoms with van der Waals surface area (Å²) in [6.07, 6.45) is 3.52. The summed E-state index contributed by atoms with van der Waals surface area (Å²) in [5.41, 5.74) is 1.42. The first kappa shape index (κ1) is 19.1. The Morgan fingerprint density at radius 1 is 1.21 bits per heavy atom. The number of hydrogen-bond donors (Lipinski definition) is 2. The number of hydrogen-bond acceptors (Lipinski definition) is 3. The number of carbonyl (C=O) groups excluding carboxylic acids is 1. The Kier molecular flexibility index (Phi) is 6.16. The zero-order chi connectivity index (χ0) is 16.4. The van der Waals surface area contributed by atoms with E-state index in [2.05, 4.69) is 10.6 Å². The Labute approximate surface area is 151 Å². The first-order valence-corrected chi connectivity index (χ1v) is 8.78. The second-order valence-corrected chi connectivity index (χ2v) is 7.34. The quantitative estimate of drug-likeness (QED) is 0.853. The average molecular weight is 353 g/mol. The van der Waals surface area contributed by atoms with Crippen LogP contribution in [0.4, 0.5) is 0 Å². The van der Waals surface area contributed by atoms with Gasteiger partial charge in [-0.1, -0.05) is 12.1 Å². The van der Waals surface area contributed by atoms with Gasteiger partial charge in [-0.15, -0.1) is 12.4 Å². The number of ether oxygens (including phenoxy) is 1. The minimum atomic E-state index is 0. The van der Waals surface area contributed by atoms with Gasteiger partial charge in [0.2, 0.25) is 5.91 Å². The summed E-state index contributed by atoms with van der Waals surface area (Å²) in [6.45, 7) is 8.19. The molecule has 1 aromatic rings. The number of amides is 1. The van der Waals surface area contributed by atoms with E-state index < -0.39 is 0 Å². The van der Waals surface area contributed by atoms with Crippen molar-refractivity contribution in [3.05, 3.63) is 29.8 Å². The number of nitrogens with one attached hydrogen (secondary N) is 2. The second kappa shape index (κ2) is 7.75. The van der Waals surface area contributed by atoms with E-state index >= 15 is 0 Å². The molecule has 4 nitrogen and oxygen atoms in total. The van der Waals surface area contributed by atoms with Gasteiger partial charge in [-0.2, -0.15) is 0 Å². The fraction of sp³-hybridized carbons (Fsp3) is 0.632. The van der Waals surface area contributed by atoms with Crippen LogP contribution in [0, 0.1) is 11.3 Å². The molecular weight excluding hydrogens is 324 g/mol. The Balaban J connectivity index is 0.00000208. The van der Waals surface area contributed by atoms with Crippen LogP contribution in [0.5, 0.6) is 5.75 Å². The van der Waals surface area contributed by atoms with Crippen LogP contribution in [-0.4, -0.2) is 25.1 Å². The van der Waals surface area contributed by atoms with E-state index in [0.29, 0.717) is 5.41 Å². The van der Waals surface area contributed by atoms with Crippen molar-refractivity contribution in [2.24, 2.45) is 11.3 Å². The van der Waals surface area contributed by atoms with Crippen LogP contribution < -0.4 is 15.4 Å². The molecule has 24 heavy (non-hydrogen) atoms. The zero-order valence-electron chi connectivity index (χ0n) is 14.8. The number of halogens is 1. The Bertz CT molecular complexity index is 553. The minimum absolute atomic E-state index is 0. The highest BCUT2D eigenvalue weighted by atomic mass is 35.5. The van der Waals surface area contributed by atoms with Crippen molar-refractivity contribution in [2.75, 3.05) is 13.1 Å². The van der Waals surface area contributed by atoms with Gasteiger partial charge in [-0.25, -0.2) is 0 Å². The summed E-state index contributed by atoms with van der Waals surface area (Å²) in [5, 5.41) is 6.57. The highest BCUT2D eigenvalue weighted by Crippen LogP contribution is 2.58. The van der Waals surface area contributed by atoms with Crippen molar-refractivity contribution in [3.63, 3.8) is 0 Å². The van der Waals surface area contributed by atoms with Crippen LogP contribution in [-0.2, 0) is 4.79 Å². The predicted octanol–water partition coefficient (Wildman–Crippen LogP) is 3.46. The lowest BCUT2D eigenvalue weighted by Gasteiger charge is -2.24. The van der Waals surface area contributed by atoms with E-state index in [9.17, 15) is 4.79 Å². The summed E-state index contributed by atoms with van der Waals surface area (Å²) in [5.74, 6) is 1.32. The largest absolute Gasteiger partial charge is 0.491 e. The van der Waals surface area contributed by atoms with E-state index in [-0.39, 0.29) is 36.4 Å². The van der Waals surface area contributed by atoms with Gasteiger partial charge in [0.25, 0.3) is 0 Å². The van der Waals surface area contributed by atoms with E-state index in [0.717, 1.165) is 43.7 Å². The molecule has 2 unspecified atom stereocenters. The highest BCUT2D eigenvalue weighted by Gasteiger charge is 2.57. The minimum Gasteiger partial charge on any atom is -0.491 e. The molecule has 2 aliphatic rings. The van der Waals surface area contributed by atoms with E-state index in [4.69, 9.17) is 4.74 Å². The lowest BCUT2D eigenvalue weighted by molar-refractivity contribution is -0.123. The van der Waals surface area contributed by atoms with Crippen LogP contribution in [0.1, 0.15) is 51.6 Å². The molecule has 1 saturated carbocycles. The predicted molar refractivity (Wildman–Crippen MR) is 98.7 cm³/mol.